The van der Waals surface area contributed by atoms with E-state index in [1.807, 2.05) is 36.4 Å². The van der Waals surface area contributed by atoms with Crippen molar-refractivity contribution in [3.63, 3.8) is 0 Å². The Labute approximate surface area is 317 Å². The van der Waals surface area contributed by atoms with Gasteiger partial charge in [0.1, 0.15) is 18.0 Å². The Bertz CT molecular complexity index is 2070. The third-order valence-electron chi connectivity index (χ3n) is 9.78. The van der Waals surface area contributed by atoms with Crippen LogP contribution in [0.15, 0.2) is 103 Å². The highest BCUT2D eigenvalue weighted by Crippen LogP contribution is 2.36. The van der Waals surface area contributed by atoms with Gasteiger partial charge in [-0.2, -0.15) is 13.2 Å². The molecule has 0 atom stereocenters. The van der Waals surface area contributed by atoms with Gasteiger partial charge in [0.05, 0.1) is 5.56 Å². The predicted octanol–water partition coefficient (Wildman–Crippen LogP) is 9.82. The number of aromatic nitrogens is 1. The van der Waals surface area contributed by atoms with Gasteiger partial charge in [-0.3, -0.25) is 4.79 Å². The minimum absolute atomic E-state index is 0.106. The number of ether oxygens (including phenoxy) is 1. The number of halogens is 5. The summed E-state index contributed by atoms with van der Waals surface area (Å²) in [5.74, 6) is -1.53. The highest BCUT2D eigenvalue weighted by molar-refractivity contribution is 5.89. The van der Waals surface area contributed by atoms with Gasteiger partial charge in [-0.25, -0.2) is 18.6 Å². The summed E-state index contributed by atoms with van der Waals surface area (Å²) in [4.78, 5) is 37.4. The van der Waals surface area contributed by atoms with E-state index in [0.717, 1.165) is 34.9 Å². The van der Waals surface area contributed by atoms with Crippen LogP contribution in [0.25, 0.3) is 16.7 Å². The quantitative estimate of drug-likeness (QED) is 0.159. The van der Waals surface area contributed by atoms with E-state index in [1.54, 1.807) is 47.7 Å². The van der Waals surface area contributed by atoms with Gasteiger partial charge in [-0.15, -0.1) is 0 Å². The molecule has 1 aromatic heterocycles. The summed E-state index contributed by atoms with van der Waals surface area (Å²) in [5, 5.41) is 0. The van der Waals surface area contributed by atoms with Gasteiger partial charge in [0.2, 0.25) is 5.91 Å². The van der Waals surface area contributed by atoms with Crippen LogP contribution in [-0.2, 0) is 28.7 Å². The summed E-state index contributed by atoms with van der Waals surface area (Å²) in [7, 11) is 0. The molecule has 0 unspecified atom stereocenters. The normalized spacial score (nSPS) is 15.1. The molecule has 0 saturated carbocycles. The van der Waals surface area contributed by atoms with Crippen LogP contribution in [0.3, 0.4) is 0 Å². The van der Waals surface area contributed by atoms with E-state index in [9.17, 15) is 31.5 Å². The number of carbonyl (C=O) groups is 2. The molecule has 12 heteroatoms. The maximum absolute atomic E-state index is 14.7. The van der Waals surface area contributed by atoms with Crippen molar-refractivity contribution in [1.82, 2.24) is 14.8 Å². The zero-order valence-corrected chi connectivity index (χ0v) is 31.0. The first-order valence-electron chi connectivity index (χ1n) is 18.2. The van der Waals surface area contributed by atoms with Crippen LogP contribution < -0.4 is 4.90 Å². The number of pyridine rings is 1. The number of rotatable bonds is 9. The number of benzene rings is 3. The molecular weight excluding hydrogens is 715 g/mol. The molecule has 7 nitrogen and oxygen atoms in total. The van der Waals surface area contributed by atoms with Gasteiger partial charge < -0.3 is 19.4 Å². The number of anilines is 1. The number of carbonyl (C=O) groups excluding carboxylic acids is 2. The van der Waals surface area contributed by atoms with Crippen molar-refractivity contribution in [3.8, 4) is 11.1 Å². The van der Waals surface area contributed by atoms with Crippen LogP contribution >= 0.6 is 0 Å². The molecule has 0 bridgehead atoms. The number of aryl methyl sites for hydroxylation is 1. The smallest absolute Gasteiger partial charge is 0.416 e. The third-order valence-corrected chi connectivity index (χ3v) is 9.78. The van der Waals surface area contributed by atoms with E-state index < -0.39 is 35.1 Å². The van der Waals surface area contributed by atoms with Gasteiger partial charge >= 0.3 is 12.3 Å². The molecule has 3 heterocycles. The van der Waals surface area contributed by atoms with Crippen LogP contribution in [-0.4, -0.2) is 58.1 Å². The number of nitrogens with zero attached hydrogens (tertiary/aromatic N) is 4. The first kappa shape index (κ1) is 39.2. The van der Waals surface area contributed by atoms with Crippen molar-refractivity contribution in [1.29, 1.82) is 0 Å². The van der Waals surface area contributed by atoms with Crippen LogP contribution in [0.2, 0.25) is 0 Å². The number of likely N-dealkylation sites (tertiary alicyclic amines) is 1. The maximum atomic E-state index is 14.7. The van der Waals surface area contributed by atoms with Gasteiger partial charge in [0.15, 0.2) is 11.6 Å². The molecule has 1 fully saturated rings. The summed E-state index contributed by atoms with van der Waals surface area (Å²) in [6.45, 7) is 10.5. The van der Waals surface area contributed by atoms with E-state index in [0.29, 0.717) is 48.6 Å². The number of allylic oxidation sites excluding steroid dienone is 3. The van der Waals surface area contributed by atoms with E-state index in [2.05, 4.69) is 11.6 Å². The Morgan fingerprint density at radius 1 is 0.891 bits per heavy atom. The molecule has 55 heavy (non-hydrogen) atoms. The second-order valence-corrected chi connectivity index (χ2v) is 14.8. The van der Waals surface area contributed by atoms with Crippen molar-refractivity contribution in [3.05, 3.63) is 137 Å². The van der Waals surface area contributed by atoms with Crippen molar-refractivity contribution < 1.29 is 36.3 Å². The van der Waals surface area contributed by atoms with Crippen LogP contribution in [0.4, 0.5) is 32.6 Å². The fraction of sp³-hybridized carbons (Fsp3) is 0.326. The Balaban J connectivity index is 1.26. The van der Waals surface area contributed by atoms with Crippen molar-refractivity contribution in [2.75, 3.05) is 24.5 Å². The highest BCUT2D eigenvalue weighted by atomic mass is 19.4. The SMILES string of the molecule is C=C1C=C(CCc2cccc(F)c2F)N(CC(=O)N(Cc2ccc(-c3ccc(C(F)(F)F)cc3)cc2)C2CCN(C(=O)OC(C)(C)C)CC2)c2ncccc21. The second-order valence-electron chi connectivity index (χ2n) is 14.8. The van der Waals surface area contributed by atoms with Crippen molar-refractivity contribution in [2.24, 2.45) is 0 Å². The minimum atomic E-state index is -4.43. The number of hydrogen-bond acceptors (Lipinski definition) is 5. The van der Waals surface area contributed by atoms with E-state index in [1.165, 1.54) is 24.3 Å². The highest BCUT2D eigenvalue weighted by Gasteiger charge is 2.34. The predicted molar refractivity (Wildman–Crippen MR) is 202 cm³/mol. The summed E-state index contributed by atoms with van der Waals surface area (Å²) in [5.41, 5.74) is 3.08. The van der Waals surface area contributed by atoms with Gasteiger partial charge in [-0.05, 0) is 111 Å². The molecule has 0 radical (unpaired) electrons. The Morgan fingerprint density at radius 2 is 1.55 bits per heavy atom. The first-order chi connectivity index (χ1) is 26.1. The number of fused-ring (bicyclic) bond motifs is 1. The Kier molecular flexibility index (Phi) is 11.4. The molecule has 3 aromatic carbocycles. The lowest BCUT2D eigenvalue weighted by molar-refractivity contribution is -0.137. The average molecular weight is 759 g/mol. The molecule has 1 saturated heterocycles. The summed E-state index contributed by atoms with van der Waals surface area (Å²) in [6.07, 6.45) is 0.0830. The van der Waals surface area contributed by atoms with Crippen molar-refractivity contribution in [2.45, 2.75) is 70.8 Å². The zero-order chi connectivity index (χ0) is 39.5. The molecule has 0 N–H and O–H groups in total. The molecule has 0 spiro atoms. The lowest BCUT2D eigenvalue weighted by Crippen LogP contribution is -2.51. The van der Waals surface area contributed by atoms with Crippen LogP contribution in [0.1, 0.15) is 62.3 Å². The van der Waals surface area contributed by atoms with E-state index in [4.69, 9.17) is 4.74 Å². The topological polar surface area (TPSA) is 66.0 Å². The van der Waals surface area contributed by atoms with Crippen LogP contribution in [0, 0.1) is 11.6 Å². The second kappa shape index (κ2) is 16.1. The molecular formula is C43H43F5N4O3. The standard InChI is InChI=1S/C43H43F5N4O3/c1-28-25-35(19-16-32-7-5-9-37(44)39(32)45)52(40-36(28)8-6-22-49-40)27-38(53)51(34-20-23-50(24-21-34)41(54)55-42(2,3)4)26-29-10-12-30(13-11-29)31-14-17-33(18-15-31)43(46,47)48/h5-15,17-18,22,25,34H,1,16,19-21,23-24,26-27H2,2-4H3. The summed E-state index contributed by atoms with van der Waals surface area (Å²) < 4.78 is 73.7. The lowest BCUT2D eigenvalue weighted by atomic mass is 9.98. The van der Waals surface area contributed by atoms with Gasteiger partial charge in [-0.1, -0.05) is 55.1 Å². The third kappa shape index (κ3) is 9.41. The Morgan fingerprint density at radius 3 is 2.18 bits per heavy atom. The van der Waals surface area contributed by atoms with Gasteiger partial charge in [0.25, 0.3) is 0 Å². The fourth-order valence-corrected chi connectivity index (χ4v) is 6.93. The fourth-order valence-electron chi connectivity index (χ4n) is 6.93. The minimum Gasteiger partial charge on any atom is -0.444 e. The monoisotopic (exact) mass is 758 g/mol. The lowest BCUT2D eigenvalue weighted by Gasteiger charge is -2.40. The van der Waals surface area contributed by atoms with E-state index >= 15 is 0 Å². The first-order valence-corrected chi connectivity index (χ1v) is 18.2. The number of hydrogen-bond donors (Lipinski definition) is 0. The maximum Gasteiger partial charge on any atom is 0.416 e. The number of piperidine rings is 1. The summed E-state index contributed by atoms with van der Waals surface area (Å²) >= 11 is 0. The van der Waals surface area contributed by atoms with E-state index in [-0.39, 0.29) is 43.4 Å². The molecule has 2 aliphatic heterocycles. The Hall–Kier alpha value is -5.52. The zero-order valence-electron chi connectivity index (χ0n) is 31.0. The molecule has 2 aliphatic rings. The molecule has 288 valence electrons. The summed E-state index contributed by atoms with van der Waals surface area (Å²) in [6, 6.07) is 19.8. The molecule has 6 rings (SSSR count). The molecule has 2 amide bonds. The van der Waals surface area contributed by atoms with Crippen LogP contribution in [0.5, 0.6) is 0 Å². The molecule has 0 aliphatic carbocycles. The largest absolute Gasteiger partial charge is 0.444 e. The van der Waals surface area contributed by atoms with Crippen molar-refractivity contribution >= 4 is 23.4 Å². The average Bonchev–Trinajstić information content (AvgIpc) is 3.15. The number of amides is 2. The molecule has 4 aromatic rings. The number of alkyl halides is 3. The van der Waals surface area contributed by atoms with Gasteiger partial charge in [0, 0.05) is 43.1 Å².